The van der Waals surface area contributed by atoms with Crippen LogP contribution in [0.15, 0.2) is 33.5 Å². The molecule has 0 bridgehead atoms. The summed E-state index contributed by atoms with van der Waals surface area (Å²) >= 11 is 3.16. The van der Waals surface area contributed by atoms with Gasteiger partial charge in [0, 0.05) is 11.4 Å². The molecular formula is C13H17N3S2. The maximum atomic E-state index is 4.39. The fraction of sp³-hybridized carbons (Fsp3) is 0.385. The highest BCUT2D eigenvalue weighted by Crippen LogP contribution is 2.31. The molecule has 0 aliphatic heterocycles. The number of aromatic nitrogens is 2. The third-order valence-corrected chi connectivity index (χ3v) is 4.38. The van der Waals surface area contributed by atoms with Crippen molar-refractivity contribution in [1.29, 1.82) is 0 Å². The average molecular weight is 279 g/mol. The molecule has 3 nitrogen and oxygen atoms in total. The van der Waals surface area contributed by atoms with Crippen LogP contribution in [0.1, 0.15) is 24.7 Å². The van der Waals surface area contributed by atoms with E-state index in [1.807, 2.05) is 6.92 Å². The summed E-state index contributed by atoms with van der Waals surface area (Å²) in [6, 6.07) is 8.46. The van der Waals surface area contributed by atoms with Crippen molar-refractivity contribution in [1.82, 2.24) is 14.7 Å². The molecule has 1 N–H and O–H groups in total. The summed E-state index contributed by atoms with van der Waals surface area (Å²) < 4.78 is 5.22. The minimum Gasteiger partial charge on any atom is -0.313 e. The van der Waals surface area contributed by atoms with E-state index in [9.17, 15) is 0 Å². The molecule has 1 heterocycles. The number of rotatable bonds is 6. The van der Waals surface area contributed by atoms with Crippen LogP contribution in [0.4, 0.5) is 0 Å². The van der Waals surface area contributed by atoms with Gasteiger partial charge in [0.1, 0.15) is 5.82 Å². The number of nitrogens with zero attached hydrogens (tertiary/aromatic N) is 2. The lowest BCUT2D eigenvalue weighted by Gasteiger charge is -2.08. The van der Waals surface area contributed by atoms with Crippen LogP contribution in [0.2, 0.25) is 0 Å². The van der Waals surface area contributed by atoms with Crippen LogP contribution in [0.25, 0.3) is 0 Å². The first-order valence-corrected chi connectivity index (χ1v) is 7.65. The van der Waals surface area contributed by atoms with Crippen LogP contribution in [-0.4, -0.2) is 15.9 Å². The summed E-state index contributed by atoms with van der Waals surface area (Å²) in [5.41, 5.74) is 1.32. The molecule has 1 aromatic carbocycles. The van der Waals surface area contributed by atoms with Gasteiger partial charge in [-0.1, -0.05) is 36.9 Å². The van der Waals surface area contributed by atoms with Crippen molar-refractivity contribution >= 4 is 23.3 Å². The number of hydrogen-bond acceptors (Lipinski definition) is 5. The summed E-state index contributed by atoms with van der Waals surface area (Å²) in [4.78, 5) is 5.65. The van der Waals surface area contributed by atoms with Gasteiger partial charge in [-0.05, 0) is 43.1 Å². The predicted molar refractivity (Wildman–Crippen MR) is 77.2 cm³/mol. The minimum atomic E-state index is 0.851. The molecule has 5 heteroatoms. The van der Waals surface area contributed by atoms with Crippen LogP contribution in [0.5, 0.6) is 0 Å². The van der Waals surface area contributed by atoms with Crippen LogP contribution >= 0.6 is 23.3 Å². The van der Waals surface area contributed by atoms with Gasteiger partial charge in [-0.25, -0.2) is 4.98 Å². The smallest absolute Gasteiger partial charge is 0.174 e. The zero-order valence-electron chi connectivity index (χ0n) is 10.6. The largest absolute Gasteiger partial charge is 0.313 e. The summed E-state index contributed by atoms with van der Waals surface area (Å²) in [5.74, 6) is 0.851. The number of nitrogens with one attached hydrogen (secondary N) is 1. The average Bonchev–Trinajstić information content (AvgIpc) is 2.77. The Balaban J connectivity index is 2.07. The standard InChI is InChI=1S/C13H17N3S2/c1-3-8-14-9-11-6-4-5-7-12(11)17-13-15-10(2)16-18-13/h4-7,14H,3,8-9H2,1-2H3. The highest BCUT2D eigenvalue weighted by molar-refractivity contribution is 8.01. The van der Waals surface area contributed by atoms with Crippen molar-refractivity contribution in [3.63, 3.8) is 0 Å². The van der Waals surface area contributed by atoms with E-state index in [-0.39, 0.29) is 0 Å². The van der Waals surface area contributed by atoms with Gasteiger partial charge in [0.05, 0.1) is 0 Å². The third-order valence-electron chi connectivity index (χ3n) is 2.42. The normalized spacial score (nSPS) is 10.8. The molecule has 0 saturated carbocycles. The molecule has 0 aliphatic rings. The van der Waals surface area contributed by atoms with Crippen LogP contribution in [0, 0.1) is 6.92 Å². The van der Waals surface area contributed by atoms with E-state index >= 15 is 0 Å². The highest BCUT2D eigenvalue weighted by atomic mass is 32.2. The van der Waals surface area contributed by atoms with E-state index in [1.54, 1.807) is 11.8 Å². The SMILES string of the molecule is CCCNCc1ccccc1Sc1nc(C)ns1. The lowest BCUT2D eigenvalue weighted by atomic mass is 10.2. The van der Waals surface area contributed by atoms with E-state index in [4.69, 9.17) is 0 Å². The fourth-order valence-electron chi connectivity index (χ4n) is 1.56. The van der Waals surface area contributed by atoms with Crippen LogP contribution in [0.3, 0.4) is 0 Å². The number of hydrogen-bond donors (Lipinski definition) is 1. The molecule has 0 atom stereocenters. The Morgan fingerprint density at radius 2 is 2.17 bits per heavy atom. The first kappa shape index (κ1) is 13.5. The van der Waals surface area contributed by atoms with Gasteiger partial charge in [-0.3, -0.25) is 0 Å². The van der Waals surface area contributed by atoms with Gasteiger partial charge in [0.15, 0.2) is 4.34 Å². The maximum absolute atomic E-state index is 4.39. The third kappa shape index (κ3) is 3.80. The maximum Gasteiger partial charge on any atom is 0.174 e. The summed E-state index contributed by atoms with van der Waals surface area (Å²) in [7, 11) is 0. The summed E-state index contributed by atoms with van der Waals surface area (Å²) in [5, 5.41) is 3.44. The van der Waals surface area contributed by atoms with E-state index in [2.05, 4.69) is 45.9 Å². The Kier molecular flexibility index (Phi) is 5.16. The van der Waals surface area contributed by atoms with Gasteiger partial charge >= 0.3 is 0 Å². The molecule has 0 unspecified atom stereocenters. The number of benzene rings is 1. The molecule has 0 saturated heterocycles. The van der Waals surface area contributed by atoms with Crippen molar-refractivity contribution < 1.29 is 0 Å². The Bertz CT molecular complexity index is 496. The second kappa shape index (κ2) is 6.87. The first-order valence-electron chi connectivity index (χ1n) is 6.06. The molecule has 18 heavy (non-hydrogen) atoms. The van der Waals surface area contributed by atoms with Crippen molar-refractivity contribution in [2.75, 3.05) is 6.54 Å². The lowest BCUT2D eigenvalue weighted by molar-refractivity contribution is 0.669. The first-order chi connectivity index (χ1) is 8.79. The van der Waals surface area contributed by atoms with E-state index in [1.165, 1.54) is 22.0 Å². The van der Waals surface area contributed by atoms with Crippen molar-refractivity contribution in [3.05, 3.63) is 35.7 Å². The minimum absolute atomic E-state index is 0.851. The molecule has 0 spiro atoms. The lowest BCUT2D eigenvalue weighted by Crippen LogP contribution is -2.14. The molecule has 2 rings (SSSR count). The van der Waals surface area contributed by atoms with Gasteiger partial charge < -0.3 is 5.32 Å². The highest BCUT2D eigenvalue weighted by Gasteiger charge is 2.07. The molecule has 0 aliphatic carbocycles. The Morgan fingerprint density at radius 1 is 1.33 bits per heavy atom. The zero-order valence-corrected chi connectivity index (χ0v) is 12.3. The Hall–Kier alpha value is -0.910. The number of aryl methyl sites for hydroxylation is 1. The van der Waals surface area contributed by atoms with Gasteiger partial charge in [-0.15, -0.1) is 0 Å². The molecule has 1 aromatic heterocycles. The predicted octanol–water partition coefficient (Wildman–Crippen LogP) is 3.50. The molecule has 96 valence electrons. The molecular weight excluding hydrogens is 262 g/mol. The van der Waals surface area contributed by atoms with Crippen molar-refractivity contribution in [2.45, 2.75) is 36.0 Å². The quantitative estimate of drug-likeness (QED) is 0.821. The Morgan fingerprint density at radius 3 is 2.89 bits per heavy atom. The summed E-state index contributed by atoms with van der Waals surface area (Å²) in [6.07, 6.45) is 1.16. The fourth-order valence-corrected chi connectivity index (χ4v) is 3.30. The van der Waals surface area contributed by atoms with Gasteiger partial charge in [-0.2, -0.15) is 4.37 Å². The van der Waals surface area contributed by atoms with Gasteiger partial charge in [0.2, 0.25) is 0 Å². The molecule has 2 aromatic rings. The summed E-state index contributed by atoms with van der Waals surface area (Å²) in [6.45, 7) is 6.07. The topological polar surface area (TPSA) is 37.8 Å². The van der Waals surface area contributed by atoms with E-state index < -0.39 is 0 Å². The van der Waals surface area contributed by atoms with E-state index in [0.717, 1.165) is 29.7 Å². The van der Waals surface area contributed by atoms with Gasteiger partial charge in [0.25, 0.3) is 0 Å². The second-order valence-corrected chi connectivity index (χ2v) is 6.03. The van der Waals surface area contributed by atoms with Crippen LogP contribution < -0.4 is 5.32 Å². The van der Waals surface area contributed by atoms with Crippen molar-refractivity contribution in [2.24, 2.45) is 0 Å². The molecule has 0 amide bonds. The second-order valence-electron chi connectivity index (χ2n) is 3.99. The van der Waals surface area contributed by atoms with Crippen LogP contribution in [-0.2, 0) is 6.54 Å². The van der Waals surface area contributed by atoms with E-state index in [0.29, 0.717) is 0 Å². The molecule has 0 fully saturated rings. The monoisotopic (exact) mass is 279 g/mol. The van der Waals surface area contributed by atoms with Crippen molar-refractivity contribution in [3.8, 4) is 0 Å². The zero-order chi connectivity index (χ0) is 12.8. The Labute approximate surface area is 116 Å². The molecule has 0 radical (unpaired) electrons.